The SMILES string of the molecule is Brc1ccccc1.CC(C)(C)OC(=O)N[C@H](C(=O)O)C(C)(C)C.CC(C)(C)OC(=O)N[C@H](C(=O)OCC(=O)c1ccc(Br)cc1)C(C)(C)C.CC1(C)OB(B2OC(C)(C)C(C)(C)O2)OC1(C)C.C[C@H](C1=NC=C(c2ccc(Br)cc2)C1)C(C)(C)C.NCc1ncc[nH]1.O=C(CBr)c1ccc(Br)cc1.[U].[Y]. The van der Waals surface area contributed by atoms with Gasteiger partial charge in [-0.15, -0.1) is 0 Å². The van der Waals surface area contributed by atoms with Crippen LogP contribution in [0.25, 0.3) is 5.57 Å². The van der Waals surface area contributed by atoms with Crippen molar-refractivity contribution in [3.63, 3.8) is 0 Å². The summed E-state index contributed by atoms with van der Waals surface area (Å²) in [6, 6.07) is 30.6. The van der Waals surface area contributed by atoms with Gasteiger partial charge in [-0.05, 0) is 179 Å². The van der Waals surface area contributed by atoms with Crippen molar-refractivity contribution in [2.75, 3.05) is 11.9 Å². The minimum atomic E-state index is -1.07. The maximum atomic E-state index is 12.4. The first kappa shape index (κ1) is 102. The third-order valence-electron chi connectivity index (χ3n) is 16.4. The Bertz CT molecular complexity index is 3510. The molecule has 0 spiro atoms. The Labute approximate surface area is 716 Å². The molecular weight excluding hydrogens is 1970 g/mol. The number of nitrogens with one attached hydrogen (secondary N) is 3. The number of alkyl carbamates (subject to hydrolysis) is 2. The van der Waals surface area contributed by atoms with Gasteiger partial charge < -0.3 is 59.3 Å². The topological polar surface area (TPSA) is 278 Å². The summed E-state index contributed by atoms with van der Waals surface area (Å²) in [4.78, 5) is 81.4. The first-order chi connectivity index (χ1) is 47.0. The van der Waals surface area contributed by atoms with E-state index in [2.05, 4.69) is 157 Å². The molecule has 20 nitrogen and oxygen atoms in total. The summed E-state index contributed by atoms with van der Waals surface area (Å²) in [6.45, 7) is 46.3. The summed E-state index contributed by atoms with van der Waals surface area (Å²) in [5.74, 6) is -0.623. The third kappa shape index (κ3) is 37.6. The number of aromatic amines is 1. The zero-order valence-corrected chi connectivity index (χ0v) is 80.4. The number of hydrogen-bond acceptors (Lipinski definition) is 16. The number of Topliss-reactive ketones (excluding diaryl/α,β-unsaturated/α-hetero) is 2. The van der Waals surface area contributed by atoms with Crippen LogP contribution < -0.4 is 16.4 Å². The fraction of sp³-hybridized carbons (Fsp3) is 0.526. The molecule has 1 aromatic heterocycles. The number of aliphatic imine (C=N–C) groups is 1. The predicted molar refractivity (Wildman–Crippen MR) is 430 cm³/mol. The van der Waals surface area contributed by atoms with Gasteiger partial charge in [0, 0.05) is 124 Å². The summed E-state index contributed by atoms with van der Waals surface area (Å²) in [5, 5.41) is 14.3. The van der Waals surface area contributed by atoms with Crippen LogP contribution in [0.2, 0.25) is 0 Å². The van der Waals surface area contributed by atoms with E-state index < -0.39 is 78.9 Å². The number of esters is 1. The molecule has 4 aromatic carbocycles. The number of benzene rings is 4. The molecule has 29 heteroatoms. The molecule has 3 aliphatic rings. The Morgan fingerprint density at radius 3 is 1.26 bits per heavy atom. The van der Waals surface area contributed by atoms with Gasteiger partial charge in [-0.3, -0.25) is 14.6 Å². The minimum absolute atomic E-state index is 0. The van der Waals surface area contributed by atoms with Gasteiger partial charge >= 0.3 is 38.1 Å². The van der Waals surface area contributed by atoms with Crippen LogP contribution in [0.3, 0.4) is 0 Å². The summed E-state index contributed by atoms with van der Waals surface area (Å²) >= 11 is 16.5. The number of halogens is 5. The van der Waals surface area contributed by atoms with Crippen molar-refractivity contribution in [1.29, 1.82) is 0 Å². The van der Waals surface area contributed by atoms with E-state index in [1.807, 2.05) is 104 Å². The second kappa shape index (κ2) is 44.7. The molecule has 0 aliphatic carbocycles. The number of rotatable bonds is 13. The van der Waals surface area contributed by atoms with E-state index in [-0.39, 0.29) is 103 Å². The number of carbonyl (C=O) groups is 6. The van der Waals surface area contributed by atoms with Gasteiger partial charge in [0.2, 0.25) is 0 Å². The van der Waals surface area contributed by atoms with Crippen molar-refractivity contribution in [3.05, 3.63) is 162 Å². The molecule has 3 atom stereocenters. The Balaban J connectivity index is 0.00000124. The van der Waals surface area contributed by atoms with E-state index in [4.69, 9.17) is 43.7 Å². The molecule has 0 unspecified atom stereocenters. The molecular formula is C76H109B2Br5N6O14UY. The molecule has 0 saturated carbocycles. The van der Waals surface area contributed by atoms with E-state index in [0.717, 1.165) is 35.7 Å². The maximum Gasteiger partial charge on any atom is 0.488 e. The summed E-state index contributed by atoms with van der Waals surface area (Å²) in [7, 11) is -0.952. The van der Waals surface area contributed by atoms with Gasteiger partial charge in [0.25, 0.3) is 0 Å². The second-order valence-corrected chi connectivity index (χ2v) is 35.9. The van der Waals surface area contributed by atoms with Crippen LogP contribution in [-0.4, -0.2) is 128 Å². The van der Waals surface area contributed by atoms with E-state index in [1.165, 1.54) is 16.8 Å². The number of imidazole rings is 1. The van der Waals surface area contributed by atoms with Crippen LogP contribution in [-0.2, 0) is 81.7 Å². The molecule has 575 valence electrons. The summed E-state index contributed by atoms with van der Waals surface area (Å²) in [5.41, 5.74) is 6.63. The number of H-pyrrole nitrogens is 1. The Kier molecular flexibility index (Phi) is 43.4. The monoisotopic (exact) mass is 2070 g/mol. The molecule has 4 heterocycles. The predicted octanol–water partition coefficient (Wildman–Crippen LogP) is 19.0. The largest absolute Gasteiger partial charge is 0.488 e. The number of carboxylic acid groups (broad SMARTS) is 1. The molecule has 2 saturated heterocycles. The third-order valence-corrected chi connectivity index (χ3v) is 19.0. The first-order valence-electron chi connectivity index (χ1n) is 33.7. The molecule has 2 amide bonds. The quantitative estimate of drug-likeness (QED) is 0.0241. The van der Waals surface area contributed by atoms with Gasteiger partial charge in [-0.1, -0.05) is 203 Å². The van der Waals surface area contributed by atoms with Crippen molar-refractivity contribution in [2.24, 2.45) is 32.9 Å². The number of ether oxygens (including phenoxy) is 3. The fourth-order valence-corrected chi connectivity index (χ4v) is 10.1. The minimum Gasteiger partial charge on any atom is -0.480 e. The van der Waals surface area contributed by atoms with E-state index in [1.54, 1.807) is 132 Å². The zero-order valence-electron chi connectivity index (χ0n) is 65.5. The average molecular weight is 2080 g/mol. The maximum absolute atomic E-state index is 12.4. The van der Waals surface area contributed by atoms with Gasteiger partial charge in [-0.2, -0.15) is 0 Å². The molecule has 8 rings (SSSR count). The number of hydrogen-bond donors (Lipinski definition) is 5. The summed E-state index contributed by atoms with van der Waals surface area (Å²) < 4.78 is 43.3. The van der Waals surface area contributed by atoms with Gasteiger partial charge in [0.15, 0.2) is 18.2 Å². The zero-order chi connectivity index (χ0) is 79.1. The molecule has 105 heavy (non-hydrogen) atoms. The molecule has 2 fully saturated rings. The van der Waals surface area contributed by atoms with Gasteiger partial charge in [-0.25, -0.2) is 24.2 Å². The van der Waals surface area contributed by atoms with Crippen molar-refractivity contribution >= 4 is 141 Å². The Morgan fingerprint density at radius 1 is 0.581 bits per heavy atom. The Morgan fingerprint density at radius 2 is 0.952 bits per heavy atom. The number of nitrogens with zero attached hydrogens (tertiary/aromatic N) is 2. The number of amides is 2. The number of aromatic nitrogens is 2. The summed E-state index contributed by atoms with van der Waals surface area (Å²) in [6.07, 6.45) is 5.02. The van der Waals surface area contributed by atoms with Crippen LogP contribution in [0.1, 0.15) is 205 Å². The molecule has 3 aliphatic heterocycles. The van der Waals surface area contributed by atoms with Crippen molar-refractivity contribution in [3.8, 4) is 0 Å². The van der Waals surface area contributed by atoms with Crippen LogP contribution in [0.4, 0.5) is 9.59 Å². The van der Waals surface area contributed by atoms with E-state index in [9.17, 15) is 28.8 Å². The number of ketones is 2. The molecule has 6 N–H and O–H groups in total. The number of allylic oxidation sites excluding steroid dienone is 1. The van der Waals surface area contributed by atoms with Crippen LogP contribution in [0.5, 0.6) is 0 Å². The smallest absolute Gasteiger partial charge is 0.480 e. The van der Waals surface area contributed by atoms with Crippen LogP contribution >= 0.6 is 79.6 Å². The number of aliphatic carboxylic acids is 1. The van der Waals surface area contributed by atoms with Gasteiger partial charge in [0.1, 0.15) is 29.1 Å². The Hall–Kier alpha value is -3.19. The molecule has 0 bridgehead atoms. The van der Waals surface area contributed by atoms with Crippen LogP contribution in [0, 0.1) is 53.3 Å². The standard InChI is InChI=1S/C19H26BrNO5.C16H20BrN.C12H24B2O4.C11H21NO4.C8H6Br2O.C6H5Br.C4H7N3.U.Y/c1-18(2,3)15(21-17(24)26-19(4,5)6)16(23)25-11-14(22)12-7-9-13(20)10-8-12;1-11(16(2,3)4)15-9-13(10-18-15)12-5-7-14(17)8-6-12;1-9(2)10(3,4)16-13(15-9)14-17-11(5,6)12(7,8)18-14;1-10(2,3)7(8(13)14)12-9(15)16-11(4,5)6;9-5-8(11)6-1-3-7(10)4-2-6;7-6-4-2-1-3-5-6;5-3-4-6-1-2-7-4;;/h7-10,15H,11H2,1-6H3,(H,21,24);5-8,10-11H,9H2,1-4H3;1-8H3;7H,1-6H3,(H,12,15)(H,13,14);1-4H,5H2;1-5H;1-2H,3,5H2,(H,6,7);;/t15-;11-;;7-;;;;;/m11.1...../s1. The second-order valence-electron chi connectivity index (χ2n) is 31.7. The first-order valence-corrected chi connectivity index (χ1v) is 38.0. The number of nitrogens with two attached hydrogens (primary N) is 1. The van der Waals surface area contributed by atoms with E-state index in [0.29, 0.717) is 23.4 Å². The van der Waals surface area contributed by atoms with E-state index >= 15 is 0 Å². The normalized spacial score (nSPS) is 16.0. The molecule has 5 aromatic rings. The van der Waals surface area contributed by atoms with Crippen molar-refractivity contribution in [2.45, 2.75) is 225 Å². The number of carbonyl (C=O) groups excluding carboxylic acids is 5. The van der Waals surface area contributed by atoms with Crippen molar-refractivity contribution in [1.82, 2.24) is 20.6 Å². The average Bonchev–Trinajstić information content (AvgIpc) is 1.60. The van der Waals surface area contributed by atoms with Crippen molar-refractivity contribution < 1.29 is 131 Å². The van der Waals surface area contributed by atoms with Crippen LogP contribution in [0.15, 0.2) is 145 Å². The fourth-order valence-electron chi connectivity index (χ4n) is 8.66. The molecule has 1 radical (unpaired) electrons. The van der Waals surface area contributed by atoms with Gasteiger partial charge in [0.05, 0.1) is 34.3 Å². The number of carboxylic acids is 1. The number of alkyl halides is 1.